The van der Waals surface area contributed by atoms with E-state index in [0.29, 0.717) is 42.8 Å². The minimum absolute atomic E-state index is 0.170. The molecule has 350 valence electrons. The Bertz CT molecular complexity index is 1500. The molecule has 0 unspecified atom stereocenters. The fraction of sp³-hybridized carbons (Fsp3) is 0.615. The Kier molecular flexibility index (Phi) is 30.9. The third-order valence-corrected chi connectivity index (χ3v) is 13.0. The van der Waals surface area contributed by atoms with Crippen LogP contribution in [0.2, 0.25) is 0 Å². The van der Waals surface area contributed by atoms with Crippen LogP contribution in [-0.4, -0.2) is 73.8 Å². The molecule has 0 aliphatic heterocycles. The summed E-state index contributed by atoms with van der Waals surface area (Å²) in [6.07, 6.45) is 25.0. The maximum absolute atomic E-state index is 12.1. The van der Waals surface area contributed by atoms with E-state index < -0.39 is 0 Å². The van der Waals surface area contributed by atoms with Gasteiger partial charge in [0.25, 0.3) is 0 Å². The molecule has 0 aromatic heterocycles. The van der Waals surface area contributed by atoms with Gasteiger partial charge in [-0.1, -0.05) is 174 Å². The van der Waals surface area contributed by atoms with E-state index >= 15 is 0 Å². The molecule has 0 fully saturated rings. The van der Waals surface area contributed by atoms with Crippen LogP contribution in [0, 0.1) is 0 Å². The van der Waals surface area contributed by atoms with Crippen LogP contribution in [0.5, 0.6) is 11.5 Å². The van der Waals surface area contributed by atoms with Gasteiger partial charge in [0.2, 0.25) is 0 Å². The SMILES string of the molecule is CCCC[N+](CCCC)(CCCC)CCCC.CCCC[N+](CCCC)(CCCC)CCCC.Nc1cc(N)c(N=Cc2cccc(Br)c2[O-])cc1N=Cc1cccc(Br)c1[O-]. The van der Waals surface area contributed by atoms with Crippen LogP contribution in [0.1, 0.15) is 169 Å². The minimum atomic E-state index is -0.170. The van der Waals surface area contributed by atoms with Crippen molar-refractivity contribution in [2.75, 3.05) is 63.8 Å². The lowest BCUT2D eigenvalue weighted by atomic mass is 10.1. The van der Waals surface area contributed by atoms with Gasteiger partial charge >= 0.3 is 0 Å². The van der Waals surface area contributed by atoms with Crippen molar-refractivity contribution < 1.29 is 19.2 Å². The first-order chi connectivity index (χ1) is 29.8. The average Bonchev–Trinajstić information content (AvgIpc) is 3.27. The van der Waals surface area contributed by atoms with Crippen LogP contribution in [0.3, 0.4) is 0 Å². The first-order valence-corrected chi connectivity index (χ1v) is 25.8. The number of benzene rings is 3. The molecule has 0 saturated carbocycles. The number of hydrogen-bond donors (Lipinski definition) is 2. The van der Waals surface area contributed by atoms with Crippen molar-refractivity contribution in [2.45, 2.75) is 158 Å². The summed E-state index contributed by atoms with van der Waals surface area (Å²) in [5, 5.41) is 24.1. The number of unbranched alkanes of at least 4 members (excludes halogenated alkanes) is 8. The van der Waals surface area contributed by atoms with Crippen LogP contribution in [0.4, 0.5) is 22.7 Å². The lowest BCUT2D eigenvalue weighted by molar-refractivity contribution is -0.929. The highest BCUT2D eigenvalue weighted by Crippen LogP contribution is 2.34. The van der Waals surface area contributed by atoms with Crippen LogP contribution in [-0.2, 0) is 0 Å². The van der Waals surface area contributed by atoms with Gasteiger partial charge in [-0.05, 0) is 86.8 Å². The average molecular weight is 987 g/mol. The Balaban J connectivity index is 0.000000494. The zero-order valence-corrected chi connectivity index (χ0v) is 43.4. The second-order valence-electron chi connectivity index (χ2n) is 17.1. The predicted molar refractivity (Wildman–Crippen MR) is 276 cm³/mol. The van der Waals surface area contributed by atoms with Crippen molar-refractivity contribution in [3.05, 3.63) is 68.6 Å². The highest BCUT2D eigenvalue weighted by Gasteiger charge is 2.26. The summed E-state index contributed by atoms with van der Waals surface area (Å²) < 4.78 is 3.75. The van der Waals surface area contributed by atoms with Gasteiger partial charge < -0.3 is 30.6 Å². The van der Waals surface area contributed by atoms with E-state index in [2.05, 4.69) is 97.2 Å². The minimum Gasteiger partial charge on any atom is -0.871 e. The van der Waals surface area contributed by atoms with E-state index in [4.69, 9.17) is 11.5 Å². The molecule has 0 radical (unpaired) electrons. The highest BCUT2D eigenvalue weighted by atomic mass is 79.9. The number of anilines is 2. The van der Waals surface area contributed by atoms with E-state index in [1.165, 1.54) is 183 Å². The molecule has 0 bridgehead atoms. The predicted octanol–water partition coefficient (Wildman–Crippen LogP) is 14.0. The van der Waals surface area contributed by atoms with Gasteiger partial charge in [-0.25, -0.2) is 0 Å². The molecule has 3 aromatic rings. The van der Waals surface area contributed by atoms with E-state index in [1.54, 1.807) is 42.5 Å². The Labute approximate surface area is 396 Å². The number of quaternary nitrogens is 2. The summed E-state index contributed by atoms with van der Waals surface area (Å²) in [5.41, 5.74) is 14.3. The Morgan fingerprint density at radius 3 is 0.952 bits per heavy atom. The zero-order valence-electron chi connectivity index (χ0n) is 40.3. The Morgan fingerprint density at radius 2 is 0.710 bits per heavy atom. The molecule has 0 spiro atoms. The fourth-order valence-corrected chi connectivity index (χ4v) is 8.42. The van der Waals surface area contributed by atoms with Crippen molar-refractivity contribution in [1.29, 1.82) is 0 Å². The number of nitrogen functional groups attached to an aromatic ring is 2. The molecule has 0 saturated heterocycles. The molecule has 0 amide bonds. The van der Waals surface area contributed by atoms with E-state index in [0.717, 1.165) is 0 Å². The van der Waals surface area contributed by atoms with Gasteiger partial charge in [-0.2, -0.15) is 0 Å². The first kappa shape index (κ1) is 57.1. The Hall–Kier alpha value is -2.92. The quantitative estimate of drug-likeness (QED) is 0.0427. The van der Waals surface area contributed by atoms with Gasteiger partial charge in [0.15, 0.2) is 0 Å². The maximum atomic E-state index is 12.1. The number of para-hydroxylation sites is 2. The molecular weight excluding hydrogens is 900 g/mol. The molecule has 8 nitrogen and oxygen atoms in total. The molecule has 0 heterocycles. The number of halogens is 2. The molecule has 3 aromatic carbocycles. The van der Waals surface area contributed by atoms with Gasteiger partial charge in [0.1, 0.15) is 0 Å². The molecule has 4 N–H and O–H groups in total. The number of aliphatic imine (C=N–C) groups is 2. The van der Waals surface area contributed by atoms with Crippen molar-refractivity contribution in [3.8, 4) is 11.5 Å². The number of hydrogen-bond acceptors (Lipinski definition) is 6. The van der Waals surface area contributed by atoms with E-state index in [1.807, 2.05) is 0 Å². The molecule has 0 aliphatic rings. The third kappa shape index (κ3) is 21.6. The highest BCUT2D eigenvalue weighted by molar-refractivity contribution is 9.10. The first-order valence-electron chi connectivity index (χ1n) is 24.2. The van der Waals surface area contributed by atoms with Crippen molar-refractivity contribution in [1.82, 2.24) is 0 Å². The second kappa shape index (κ2) is 33.6. The monoisotopic (exact) mass is 985 g/mol. The van der Waals surface area contributed by atoms with Gasteiger partial charge in [-0.3, -0.25) is 9.98 Å². The van der Waals surface area contributed by atoms with Gasteiger partial charge in [0.05, 0.1) is 75.1 Å². The number of rotatable bonds is 28. The summed E-state index contributed by atoms with van der Waals surface area (Å²) in [5.74, 6) is -0.340. The van der Waals surface area contributed by atoms with Crippen molar-refractivity contribution in [2.24, 2.45) is 9.98 Å². The lowest BCUT2D eigenvalue weighted by Crippen LogP contribution is -2.50. The van der Waals surface area contributed by atoms with Crippen molar-refractivity contribution in [3.63, 3.8) is 0 Å². The molecule has 10 heteroatoms. The molecule has 62 heavy (non-hydrogen) atoms. The van der Waals surface area contributed by atoms with Crippen LogP contribution < -0.4 is 21.7 Å². The molecule has 0 atom stereocenters. The number of nitrogens with two attached hydrogens (primary N) is 2. The maximum Gasteiger partial charge on any atom is 0.0882 e. The third-order valence-electron chi connectivity index (χ3n) is 11.7. The molecule has 0 aliphatic carbocycles. The normalized spacial score (nSPS) is 11.8. The smallest absolute Gasteiger partial charge is 0.0882 e. The standard InChI is InChI=1S/C20H16Br2N4O2.2C16H36N/c21-13-5-1-3-11(19(13)27)9-25-17-8-18(16(24)7-15(17)23)26-10-12-4-2-6-14(22)20(12)28;2*1-5-9-13-17(14-10-6-2,15-11-7-3)16-12-8-4/h1-10,27-28H,23-24H2;2*5-16H2,1-4H3/q;2*+1/p-2. The summed E-state index contributed by atoms with van der Waals surface area (Å²) in [7, 11) is 0. The second-order valence-corrected chi connectivity index (χ2v) is 18.8. The molecular formula is C52H86Br2N6O2. The Morgan fingerprint density at radius 1 is 0.452 bits per heavy atom. The van der Waals surface area contributed by atoms with Crippen molar-refractivity contribution >= 4 is 67.0 Å². The van der Waals surface area contributed by atoms with Crippen LogP contribution >= 0.6 is 31.9 Å². The summed E-state index contributed by atoms with van der Waals surface area (Å²) >= 11 is 6.40. The summed E-state index contributed by atoms with van der Waals surface area (Å²) in [6.45, 7) is 30.0. The topological polar surface area (TPSA) is 123 Å². The fourth-order valence-electron chi connectivity index (χ4n) is 7.66. The number of nitrogens with zero attached hydrogens (tertiary/aromatic N) is 4. The zero-order chi connectivity index (χ0) is 46.2. The largest absolute Gasteiger partial charge is 0.871 e. The summed E-state index contributed by atoms with van der Waals surface area (Å²) in [4.78, 5) is 8.59. The lowest BCUT2D eigenvalue weighted by Gasteiger charge is -2.39. The summed E-state index contributed by atoms with van der Waals surface area (Å²) in [6, 6.07) is 13.3. The van der Waals surface area contributed by atoms with Crippen LogP contribution in [0.15, 0.2) is 67.5 Å². The van der Waals surface area contributed by atoms with Gasteiger partial charge in [0, 0.05) is 21.4 Å². The van der Waals surface area contributed by atoms with E-state index in [-0.39, 0.29) is 11.5 Å². The molecule has 3 rings (SSSR count). The van der Waals surface area contributed by atoms with Gasteiger partial charge in [-0.15, -0.1) is 0 Å². The van der Waals surface area contributed by atoms with Crippen LogP contribution in [0.25, 0.3) is 0 Å². The van der Waals surface area contributed by atoms with E-state index in [9.17, 15) is 10.2 Å².